The van der Waals surface area contributed by atoms with Crippen molar-refractivity contribution >= 4 is 17.6 Å². The van der Waals surface area contributed by atoms with Crippen molar-refractivity contribution in [3.8, 4) is 0 Å². The highest BCUT2D eigenvalue weighted by atomic mass is 32.2. The van der Waals surface area contributed by atoms with Gasteiger partial charge in [-0.2, -0.15) is 11.8 Å². The molecule has 0 aliphatic rings. The molecule has 0 spiro atoms. The normalized spacial score (nSPS) is 11.7. The van der Waals surface area contributed by atoms with Gasteiger partial charge in [0.05, 0.1) is 0 Å². The third kappa shape index (κ3) is 6.50. The van der Waals surface area contributed by atoms with Crippen molar-refractivity contribution in [1.82, 2.24) is 5.32 Å². The molecule has 0 heterocycles. The molecule has 106 valence electrons. The summed E-state index contributed by atoms with van der Waals surface area (Å²) < 4.78 is 0. The molecule has 0 bridgehead atoms. The molecule has 4 nitrogen and oxygen atoms in total. The van der Waals surface area contributed by atoms with Crippen LogP contribution in [0.15, 0.2) is 29.4 Å². The Morgan fingerprint density at radius 2 is 2.21 bits per heavy atom. The lowest BCUT2D eigenvalue weighted by molar-refractivity contribution is 0.318. The van der Waals surface area contributed by atoms with E-state index in [4.69, 9.17) is 10.9 Å². The first-order valence-corrected chi connectivity index (χ1v) is 7.94. The maximum absolute atomic E-state index is 8.64. The molecule has 19 heavy (non-hydrogen) atoms. The first-order chi connectivity index (χ1) is 9.27. The van der Waals surface area contributed by atoms with Crippen LogP contribution >= 0.6 is 11.8 Å². The Hall–Kier alpha value is -1.20. The zero-order chi connectivity index (χ0) is 13.9. The Balaban J connectivity index is 2.26. The number of rotatable bonds is 9. The summed E-state index contributed by atoms with van der Waals surface area (Å²) in [5, 5.41) is 15.1. The first kappa shape index (κ1) is 15.9. The highest BCUT2D eigenvalue weighted by Crippen LogP contribution is 2.05. The lowest BCUT2D eigenvalue weighted by Gasteiger charge is -2.06. The topological polar surface area (TPSA) is 70.6 Å². The SMILES string of the molecule is CSCCCCCNCc1cccc(/C(N)=N/O)c1. The fourth-order valence-electron chi connectivity index (χ4n) is 1.80. The number of nitrogens with two attached hydrogens (primary N) is 1. The highest BCUT2D eigenvalue weighted by Gasteiger charge is 2.00. The molecule has 0 amide bonds. The Labute approximate surface area is 119 Å². The lowest BCUT2D eigenvalue weighted by Crippen LogP contribution is -2.16. The molecule has 0 fully saturated rings. The predicted molar refractivity (Wildman–Crippen MR) is 82.9 cm³/mol. The molecule has 5 heteroatoms. The number of unbranched alkanes of at least 4 members (excludes halogenated alkanes) is 2. The zero-order valence-corrected chi connectivity index (χ0v) is 12.2. The molecule has 0 radical (unpaired) electrons. The molecule has 0 saturated heterocycles. The van der Waals surface area contributed by atoms with E-state index in [1.54, 1.807) is 0 Å². The van der Waals surface area contributed by atoms with E-state index in [1.807, 2.05) is 36.0 Å². The van der Waals surface area contributed by atoms with E-state index in [9.17, 15) is 0 Å². The van der Waals surface area contributed by atoms with Crippen LogP contribution in [-0.2, 0) is 6.54 Å². The van der Waals surface area contributed by atoms with Crippen LogP contribution < -0.4 is 11.1 Å². The van der Waals surface area contributed by atoms with Crippen molar-refractivity contribution in [1.29, 1.82) is 0 Å². The van der Waals surface area contributed by atoms with Gasteiger partial charge in [-0.25, -0.2) is 0 Å². The number of amidine groups is 1. The van der Waals surface area contributed by atoms with Gasteiger partial charge in [0.2, 0.25) is 0 Å². The van der Waals surface area contributed by atoms with Gasteiger partial charge in [0.25, 0.3) is 0 Å². The molecule has 1 aromatic carbocycles. The molecule has 0 aliphatic heterocycles. The number of thioether (sulfide) groups is 1. The van der Waals surface area contributed by atoms with Gasteiger partial charge < -0.3 is 16.3 Å². The van der Waals surface area contributed by atoms with E-state index in [2.05, 4.69) is 16.7 Å². The number of hydrogen-bond donors (Lipinski definition) is 3. The van der Waals surface area contributed by atoms with Crippen LogP contribution in [0.5, 0.6) is 0 Å². The third-order valence-electron chi connectivity index (χ3n) is 2.86. The van der Waals surface area contributed by atoms with Crippen LogP contribution in [-0.4, -0.2) is 29.6 Å². The molecule has 0 atom stereocenters. The molecule has 1 aromatic rings. The van der Waals surface area contributed by atoms with Crippen molar-refractivity contribution in [2.24, 2.45) is 10.9 Å². The number of oxime groups is 1. The third-order valence-corrected chi connectivity index (χ3v) is 3.56. The van der Waals surface area contributed by atoms with Gasteiger partial charge in [0.15, 0.2) is 5.84 Å². The average Bonchev–Trinajstić information content (AvgIpc) is 2.46. The average molecular weight is 281 g/mol. The van der Waals surface area contributed by atoms with Gasteiger partial charge in [-0.3, -0.25) is 0 Å². The minimum absolute atomic E-state index is 0.152. The molecular weight excluding hydrogens is 258 g/mol. The van der Waals surface area contributed by atoms with Gasteiger partial charge in [0.1, 0.15) is 0 Å². The largest absolute Gasteiger partial charge is 0.409 e. The minimum Gasteiger partial charge on any atom is -0.409 e. The smallest absolute Gasteiger partial charge is 0.170 e. The first-order valence-electron chi connectivity index (χ1n) is 6.54. The molecule has 1 rings (SSSR count). The fourth-order valence-corrected chi connectivity index (χ4v) is 2.30. The molecular formula is C14H23N3OS. The number of benzene rings is 1. The van der Waals surface area contributed by atoms with Crippen LogP contribution in [0.1, 0.15) is 30.4 Å². The predicted octanol–water partition coefficient (Wildman–Crippen LogP) is 2.40. The van der Waals surface area contributed by atoms with E-state index in [0.717, 1.165) is 24.2 Å². The van der Waals surface area contributed by atoms with Crippen LogP contribution in [0.2, 0.25) is 0 Å². The number of nitrogens with one attached hydrogen (secondary N) is 1. The van der Waals surface area contributed by atoms with Crippen LogP contribution in [0, 0.1) is 0 Å². The molecule has 0 aliphatic carbocycles. The summed E-state index contributed by atoms with van der Waals surface area (Å²) in [6.07, 6.45) is 5.92. The van der Waals surface area contributed by atoms with Gasteiger partial charge in [-0.1, -0.05) is 29.8 Å². The van der Waals surface area contributed by atoms with Gasteiger partial charge in [-0.05, 0) is 43.0 Å². The van der Waals surface area contributed by atoms with E-state index in [0.29, 0.717) is 0 Å². The van der Waals surface area contributed by atoms with Gasteiger partial charge in [0, 0.05) is 12.1 Å². The number of nitrogens with zero attached hydrogens (tertiary/aromatic N) is 1. The number of hydrogen-bond acceptors (Lipinski definition) is 4. The van der Waals surface area contributed by atoms with Crippen molar-refractivity contribution in [2.45, 2.75) is 25.8 Å². The minimum atomic E-state index is 0.152. The second kappa shape index (κ2) is 9.69. The van der Waals surface area contributed by atoms with Crippen molar-refractivity contribution < 1.29 is 5.21 Å². The van der Waals surface area contributed by atoms with Gasteiger partial charge >= 0.3 is 0 Å². The second-order valence-corrected chi connectivity index (χ2v) is 5.40. The summed E-state index contributed by atoms with van der Waals surface area (Å²) in [5.74, 6) is 1.40. The van der Waals surface area contributed by atoms with E-state index >= 15 is 0 Å². The highest BCUT2D eigenvalue weighted by molar-refractivity contribution is 7.98. The summed E-state index contributed by atoms with van der Waals surface area (Å²) in [6, 6.07) is 7.73. The molecule has 4 N–H and O–H groups in total. The van der Waals surface area contributed by atoms with Gasteiger partial charge in [-0.15, -0.1) is 0 Å². The Morgan fingerprint density at radius 3 is 2.95 bits per heavy atom. The lowest BCUT2D eigenvalue weighted by atomic mass is 10.1. The van der Waals surface area contributed by atoms with Crippen LogP contribution in [0.4, 0.5) is 0 Å². The summed E-state index contributed by atoms with van der Waals surface area (Å²) in [4.78, 5) is 0. The quantitative estimate of drug-likeness (QED) is 0.214. The summed E-state index contributed by atoms with van der Waals surface area (Å²) in [6.45, 7) is 1.84. The summed E-state index contributed by atoms with van der Waals surface area (Å²) >= 11 is 1.90. The maximum atomic E-state index is 8.64. The Kier molecular flexibility index (Phi) is 8.09. The Morgan fingerprint density at radius 1 is 1.37 bits per heavy atom. The summed E-state index contributed by atoms with van der Waals surface area (Å²) in [5.41, 5.74) is 7.46. The monoisotopic (exact) mass is 281 g/mol. The molecule has 0 unspecified atom stereocenters. The van der Waals surface area contributed by atoms with Crippen molar-refractivity contribution in [2.75, 3.05) is 18.6 Å². The van der Waals surface area contributed by atoms with E-state index < -0.39 is 0 Å². The molecule has 0 saturated carbocycles. The maximum Gasteiger partial charge on any atom is 0.170 e. The van der Waals surface area contributed by atoms with E-state index in [1.165, 1.54) is 25.0 Å². The van der Waals surface area contributed by atoms with Crippen LogP contribution in [0.25, 0.3) is 0 Å². The van der Waals surface area contributed by atoms with Crippen molar-refractivity contribution in [3.05, 3.63) is 35.4 Å². The van der Waals surface area contributed by atoms with Crippen LogP contribution in [0.3, 0.4) is 0 Å². The fraction of sp³-hybridized carbons (Fsp3) is 0.500. The molecule has 0 aromatic heterocycles. The van der Waals surface area contributed by atoms with E-state index in [-0.39, 0.29) is 5.84 Å². The standard InChI is InChI=1S/C14H23N3OS/c1-19-9-4-2-3-8-16-11-12-6-5-7-13(10-12)14(15)17-18/h5-7,10,16,18H,2-4,8-9,11H2,1H3,(H2,15,17). The summed E-state index contributed by atoms with van der Waals surface area (Å²) in [7, 11) is 0. The Bertz CT molecular complexity index is 396. The second-order valence-electron chi connectivity index (χ2n) is 4.42. The van der Waals surface area contributed by atoms with Crippen molar-refractivity contribution in [3.63, 3.8) is 0 Å². The zero-order valence-electron chi connectivity index (χ0n) is 11.4.